The van der Waals surface area contributed by atoms with Gasteiger partial charge in [-0.25, -0.2) is 9.97 Å². The normalized spacial score (nSPS) is 11.5. The molecule has 1 rings (SSSR count). The van der Waals surface area contributed by atoms with E-state index >= 15 is 0 Å². The number of hydrogen-bond acceptors (Lipinski definition) is 4. The third-order valence-electron chi connectivity index (χ3n) is 3.14. The molecule has 1 aromatic rings. The van der Waals surface area contributed by atoms with E-state index in [-0.39, 0.29) is 12.1 Å². The first-order valence-electron chi connectivity index (χ1n) is 5.89. The SMILES string of the molecule is CCc1cc(NC(CC)(CC)CO)ncn1. The molecule has 0 saturated heterocycles. The summed E-state index contributed by atoms with van der Waals surface area (Å²) in [6, 6.07) is 1.94. The number of aliphatic hydroxyl groups is 1. The summed E-state index contributed by atoms with van der Waals surface area (Å²) in [6.45, 7) is 6.31. The maximum absolute atomic E-state index is 9.46. The van der Waals surface area contributed by atoms with E-state index in [1.54, 1.807) is 6.33 Å². The fourth-order valence-electron chi connectivity index (χ4n) is 1.62. The summed E-state index contributed by atoms with van der Waals surface area (Å²) in [6.07, 6.45) is 4.19. The molecule has 0 aliphatic carbocycles. The van der Waals surface area contributed by atoms with E-state index in [1.807, 2.05) is 6.07 Å². The van der Waals surface area contributed by atoms with Crippen LogP contribution < -0.4 is 5.32 Å². The van der Waals surface area contributed by atoms with Gasteiger partial charge in [-0.2, -0.15) is 0 Å². The summed E-state index contributed by atoms with van der Waals surface area (Å²) in [5, 5.41) is 12.8. The highest BCUT2D eigenvalue weighted by Gasteiger charge is 2.25. The van der Waals surface area contributed by atoms with E-state index in [1.165, 1.54) is 0 Å². The Balaban J connectivity index is 2.84. The molecule has 0 saturated carbocycles. The van der Waals surface area contributed by atoms with E-state index in [0.717, 1.165) is 30.8 Å². The molecule has 1 heterocycles. The molecular weight excluding hydrogens is 202 g/mol. The van der Waals surface area contributed by atoms with E-state index in [4.69, 9.17) is 0 Å². The third kappa shape index (κ3) is 2.92. The van der Waals surface area contributed by atoms with E-state index in [9.17, 15) is 5.11 Å². The van der Waals surface area contributed by atoms with Crippen LogP contribution in [0.15, 0.2) is 12.4 Å². The molecule has 90 valence electrons. The third-order valence-corrected chi connectivity index (χ3v) is 3.14. The maximum atomic E-state index is 9.46. The van der Waals surface area contributed by atoms with Crippen molar-refractivity contribution in [2.45, 2.75) is 45.6 Å². The van der Waals surface area contributed by atoms with Gasteiger partial charge < -0.3 is 10.4 Å². The molecule has 0 radical (unpaired) electrons. The first kappa shape index (κ1) is 12.9. The highest BCUT2D eigenvalue weighted by Crippen LogP contribution is 2.20. The van der Waals surface area contributed by atoms with Gasteiger partial charge >= 0.3 is 0 Å². The van der Waals surface area contributed by atoms with Crippen molar-refractivity contribution in [2.75, 3.05) is 11.9 Å². The molecule has 1 aromatic heterocycles. The van der Waals surface area contributed by atoms with Crippen LogP contribution >= 0.6 is 0 Å². The van der Waals surface area contributed by atoms with Gasteiger partial charge in [0.25, 0.3) is 0 Å². The minimum atomic E-state index is -0.265. The number of hydrogen-bond donors (Lipinski definition) is 2. The fourth-order valence-corrected chi connectivity index (χ4v) is 1.62. The number of aliphatic hydroxyl groups excluding tert-OH is 1. The molecule has 2 N–H and O–H groups in total. The minimum Gasteiger partial charge on any atom is -0.394 e. The molecule has 0 amide bonds. The average molecular weight is 223 g/mol. The van der Waals surface area contributed by atoms with Gasteiger partial charge in [0, 0.05) is 11.8 Å². The van der Waals surface area contributed by atoms with Crippen molar-refractivity contribution in [3.05, 3.63) is 18.1 Å². The molecule has 0 aromatic carbocycles. The van der Waals surface area contributed by atoms with Gasteiger partial charge in [0.1, 0.15) is 12.1 Å². The monoisotopic (exact) mass is 223 g/mol. The Morgan fingerprint density at radius 2 is 1.94 bits per heavy atom. The molecule has 0 atom stereocenters. The number of nitrogens with one attached hydrogen (secondary N) is 1. The van der Waals surface area contributed by atoms with Crippen LogP contribution in [0.25, 0.3) is 0 Å². The van der Waals surface area contributed by atoms with Crippen LogP contribution in [0.3, 0.4) is 0 Å². The molecule has 0 spiro atoms. The Labute approximate surface area is 97.1 Å². The molecule has 0 unspecified atom stereocenters. The summed E-state index contributed by atoms with van der Waals surface area (Å²) in [7, 11) is 0. The second kappa shape index (κ2) is 5.80. The first-order valence-corrected chi connectivity index (χ1v) is 5.89. The van der Waals surface area contributed by atoms with Crippen LogP contribution in [0.5, 0.6) is 0 Å². The molecule has 0 fully saturated rings. The van der Waals surface area contributed by atoms with Crippen LogP contribution in [0.2, 0.25) is 0 Å². The summed E-state index contributed by atoms with van der Waals surface area (Å²) < 4.78 is 0. The van der Waals surface area contributed by atoms with Gasteiger partial charge in [-0.15, -0.1) is 0 Å². The highest BCUT2D eigenvalue weighted by molar-refractivity contribution is 5.38. The van der Waals surface area contributed by atoms with Crippen molar-refractivity contribution in [3.63, 3.8) is 0 Å². The topological polar surface area (TPSA) is 58.0 Å². The number of anilines is 1. The second-order valence-electron chi connectivity index (χ2n) is 4.02. The first-order chi connectivity index (χ1) is 7.69. The lowest BCUT2D eigenvalue weighted by molar-refractivity contribution is 0.202. The van der Waals surface area contributed by atoms with Crippen molar-refractivity contribution in [1.29, 1.82) is 0 Å². The van der Waals surface area contributed by atoms with Crippen LogP contribution in [-0.2, 0) is 6.42 Å². The predicted molar refractivity (Wildman–Crippen MR) is 65.4 cm³/mol. The Kier molecular flexibility index (Phi) is 4.68. The van der Waals surface area contributed by atoms with Crippen LogP contribution in [0, 0.1) is 0 Å². The molecule has 0 aliphatic heterocycles. The summed E-state index contributed by atoms with van der Waals surface area (Å²) in [5.41, 5.74) is 0.746. The zero-order valence-corrected chi connectivity index (χ0v) is 10.3. The van der Waals surface area contributed by atoms with Crippen molar-refractivity contribution in [2.24, 2.45) is 0 Å². The van der Waals surface area contributed by atoms with E-state index < -0.39 is 0 Å². The lowest BCUT2D eigenvalue weighted by atomic mass is 9.94. The average Bonchev–Trinajstić information content (AvgIpc) is 2.36. The van der Waals surface area contributed by atoms with Gasteiger partial charge in [-0.05, 0) is 19.3 Å². The lowest BCUT2D eigenvalue weighted by Gasteiger charge is -2.31. The standard InChI is InChI=1S/C12H21N3O/c1-4-10-7-11(14-9-13-10)15-12(5-2,6-3)8-16/h7,9,16H,4-6,8H2,1-3H3,(H,13,14,15). The smallest absolute Gasteiger partial charge is 0.130 e. The summed E-state index contributed by atoms with van der Waals surface area (Å²) >= 11 is 0. The van der Waals surface area contributed by atoms with Crippen LogP contribution in [0.4, 0.5) is 5.82 Å². The Hall–Kier alpha value is -1.16. The molecule has 16 heavy (non-hydrogen) atoms. The molecule has 0 aliphatic rings. The number of aromatic nitrogens is 2. The number of nitrogens with zero attached hydrogens (tertiary/aromatic N) is 2. The fraction of sp³-hybridized carbons (Fsp3) is 0.667. The number of rotatable bonds is 6. The molecule has 4 nitrogen and oxygen atoms in total. The zero-order chi connectivity index (χ0) is 12.0. The largest absolute Gasteiger partial charge is 0.394 e. The van der Waals surface area contributed by atoms with Gasteiger partial charge in [0.15, 0.2) is 0 Å². The van der Waals surface area contributed by atoms with Crippen molar-refractivity contribution >= 4 is 5.82 Å². The van der Waals surface area contributed by atoms with Gasteiger partial charge in [0.05, 0.1) is 12.1 Å². The van der Waals surface area contributed by atoms with Crippen molar-refractivity contribution in [3.8, 4) is 0 Å². The highest BCUT2D eigenvalue weighted by atomic mass is 16.3. The van der Waals surface area contributed by atoms with Gasteiger partial charge in [-0.3, -0.25) is 0 Å². The van der Waals surface area contributed by atoms with Crippen LogP contribution in [0.1, 0.15) is 39.3 Å². The molecule has 4 heteroatoms. The zero-order valence-electron chi connectivity index (χ0n) is 10.3. The van der Waals surface area contributed by atoms with Crippen molar-refractivity contribution in [1.82, 2.24) is 9.97 Å². The Bertz CT molecular complexity index is 316. The second-order valence-corrected chi connectivity index (χ2v) is 4.02. The Morgan fingerprint density at radius 3 is 2.44 bits per heavy atom. The van der Waals surface area contributed by atoms with Crippen molar-refractivity contribution < 1.29 is 5.11 Å². The number of aryl methyl sites for hydroxylation is 1. The van der Waals surface area contributed by atoms with Gasteiger partial charge in [0.2, 0.25) is 0 Å². The van der Waals surface area contributed by atoms with E-state index in [2.05, 4.69) is 36.1 Å². The maximum Gasteiger partial charge on any atom is 0.130 e. The predicted octanol–water partition coefficient (Wildman–Crippen LogP) is 2.00. The van der Waals surface area contributed by atoms with E-state index in [0.29, 0.717) is 0 Å². The summed E-state index contributed by atoms with van der Waals surface area (Å²) in [5.74, 6) is 0.796. The lowest BCUT2D eigenvalue weighted by Crippen LogP contribution is -2.41. The minimum absolute atomic E-state index is 0.117. The Morgan fingerprint density at radius 1 is 1.25 bits per heavy atom. The molecule has 0 bridgehead atoms. The van der Waals surface area contributed by atoms with Crippen LogP contribution in [-0.4, -0.2) is 27.2 Å². The quantitative estimate of drug-likeness (QED) is 0.774. The van der Waals surface area contributed by atoms with Gasteiger partial charge in [-0.1, -0.05) is 20.8 Å². The summed E-state index contributed by atoms with van der Waals surface area (Å²) in [4.78, 5) is 8.33. The molecular formula is C12H21N3O.